The van der Waals surface area contributed by atoms with Crippen LogP contribution in [0.2, 0.25) is 0 Å². The third-order valence-corrected chi connectivity index (χ3v) is 3.80. The second-order valence-corrected chi connectivity index (χ2v) is 7.21. The third kappa shape index (κ3) is 12.7. The predicted octanol–water partition coefficient (Wildman–Crippen LogP) is 3.89. The molecule has 4 N–H and O–H groups in total. The van der Waals surface area contributed by atoms with E-state index in [1.165, 1.54) is 12.1 Å². The Morgan fingerprint density at radius 1 is 0.968 bits per heavy atom. The molecule has 1 aromatic carbocycles. The van der Waals surface area contributed by atoms with Crippen molar-refractivity contribution in [3.05, 3.63) is 29.8 Å². The fourth-order valence-corrected chi connectivity index (χ4v) is 2.01. The molecule has 0 aliphatic heterocycles. The third-order valence-electron chi connectivity index (χ3n) is 3.80. The lowest BCUT2D eigenvalue weighted by Gasteiger charge is -2.24. The van der Waals surface area contributed by atoms with Crippen molar-refractivity contribution in [2.45, 2.75) is 52.1 Å². The topological polar surface area (TPSA) is 90.5 Å². The van der Waals surface area contributed by atoms with Gasteiger partial charge >= 0.3 is 18.3 Å². The molecule has 1 amide bonds. The first-order valence-corrected chi connectivity index (χ1v) is 9.28. The molecule has 0 unspecified atom stereocenters. The molecule has 1 rings (SSSR count). The Morgan fingerprint density at radius 2 is 1.45 bits per heavy atom. The first kappa shape index (κ1) is 28.5. The first-order chi connectivity index (χ1) is 14.0. The Kier molecular flexibility index (Phi) is 11.4. The van der Waals surface area contributed by atoms with E-state index in [4.69, 9.17) is 9.90 Å². The second-order valence-electron chi connectivity index (χ2n) is 7.21. The molecular formula is C19H27F6N3O3. The number of nitrogens with one attached hydrogen (secondary N) is 3. The number of carboxylic acid groups (broad SMARTS) is 1. The van der Waals surface area contributed by atoms with Crippen molar-refractivity contribution >= 4 is 17.6 Å². The van der Waals surface area contributed by atoms with Gasteiger partial charge in [0.2, 0.25) is 5.91 Å². The van der Waals surface area contributed by atoms with Crippen LogP contribution in [0.15, 0.2) is 24.3 Å². The molecule has 0 aliphatic rings. The smallest absolute Gasteiger partial charge is 0.475 e. The molecule has 0 saturated heterocycles. The number of carbonyl (C=O) groups is 2. The van der Waals surface area contributed by atoms with Crippen LogP contribution in [0.25, 0.3) is 0 Å². The summed E-state index contributed by atoms with van der Waals surface area (Å²) in [4.78, 5) is 20.7. The van der Waals surface area contributed by atoms with Crippen LogP contribution in [-0.2, 0) is 15.8 Å². The maximum absolute atomic E-state index is 12.6. The number of aliphatic carboxylic acids is 1. The standard InChI is InChI=1S/C17H26F3N3O.C2HF3O2/c1-11(2)15(9-22-16(24)10-21-12(3)4)23-14-7-5-13(6-8-14)17(18,19)20;3-2(4,5)1(6)7/h5-8,11-12,15,21,23H,9-10H2,1-4H3,(H,22,24);(H,6,7)/t15-;/m0./s1. The second kappa shape index (κ2) is 12.4. The van der Waals surface area contributed by atoms with E-state index in [1.54, 1.807) is 0 Å². The zero-order valence-corrected chi connectivity index (χ0v) is 17.5. The molecule has 0 heterocycles. The zero-order chi connectivity index (χ0) is 24.4. The maximum Gasteiger partial charge on any atom is 0.490 e. The molecule has 1 aromatic rings. The molecule has 1 atom stereocenters. The summed E-state index contributed by atoms with van der Waals surface area (Å²) in [5.74, 6) is -2.67. The lowest BCUT2D eigenvalue weighted by atomic mass is 10.0. The van der Waals surface area contributed by atoms with Gasteiger partial charge in [0.25, 0.3) is 0 Å². The number of benzene rings is 1. The highest BCUT2D eigenvalue weighted by molar-refractivity contribution is 5.78. The van der Waals surface area contributed by atoms with Gasteiger partial charge in [0, 0.05) is 24.3 Å². The van der Waals surface area contributed by atoms with Gasteiger partial charge in [-0.25, -0.2) is 4.79 Å². The van der Waals surface area contributed by atoms with Gasteiger partial charge in [-0.3, -0.25) is 4.79 Å². The Labute approximate surface area is 176 Å². The quantitative estimate of drug-likeness (QED) is 0.443. The summed E-state index contributed by atoms with van der Waals surface area (Å²) in [5.41, 5.74) is -0.0848. The van der Waals surface area contributed by atoms with Crippen LogP contribution in [-0.4, -0.2) is 48.3 Å². The minimum Gasteiger partial charge on any atom is -0.475 e. The summed E-state index contributed by atoms with van der Waals surface area (Å²) < 4.78 is 69.5. The number of alkyl halides is 6. The van der Waals surface area contributed by atoms with E-state index in [9.17, 15) is 31.1 Å². The number of anilines is 1. The van der Waals surface area contributed by atoms with Gasteiger partial charge in [0.15, 0.2) is 0 Å². The summed E-state index contributed by atoms with van der Waals surface area (Å²) >= 11 is 0. The summed E-state index contributed by atoms with van der Waals surface area (Å²) in [6.07, 6.45) is -9.42. The van der Waals surface area contributed by atoms with Gasteiger partial charge in [-0.2, -0.15) is 26.3 Å². The molecule has 0 fully saturated rings. The molecule has 178 valence electrons. The SMILES string of the molecule is CC(C)NCC(=O)NC[C@H](Nc1ccc(C(F)(F)F)cc1)C(C)C.O=C(O)C(F)(F)F. The fraction of sp³-hybridized carbons (Fsp3) is 0.579. The minimum atomic E-state index is -5.08. The number of hydrogen-bond acceptors (Lipinski definition) is 4. The van der Waals surface area contributed by atoms with Crippen LogP contribution < -0.4 is 16.0 Å². The van der Waals surface area contributed by atoms with Gasteiger partial charge in [-0.05, 0) is 30.2 Å². The Morgan fingerprint density at radius 3 is 1.81 bits per heavy atom. The van der Waals surface area contributed by atoms with Crippen molar-refractivity contribution in [2.75, 3.05) is 18.4 Å². The van der Waals surface area contributed by atoms with E-state index < -0.39 is 23.9 Å². The van der Waals surface area contributed by atoms with Crippen LogP contribution in [0, 0.1) is 5.92 Å². The van der Waals surface area contributed by atoms with Crippen LogP contribution in [0.1, 0.15) is 33.3 Å². The number of hydrogen-bond donors (Lipinski definition) is 4. The molecule has 0 saturated carbocycles. The molecule has 6 nitrogen and oxygen atoms in total. The molecule has 0 bridgehead atoms. The van der Waals surface area contributed by atoms with Crippen LogP contribution >= 0.6 is 0 Å². The number of carbonyl (C=O) groups excluding carboxylic acids is 1. The fourth-order valence-electron chi connectivity index (χ4n) is 2.01. The monoisotopic (exact) mass is 459 g/mol. The lowest BCUT2D eigenvalue weighted by molar-refractivity contribution is -0.192. The number of amides is 1. The van der Waals surface area contributed by atoms with Gasteiger partial charge in [0.05, 0.1) is 12.1 Å². The van der Waals surface area contributed by atoms with E-state index in [0.717, 1.165) is 12.1 Å². The van der Waals surface area contributed by atoms with Crippen molar-refractivity contribution in [1.29, 1.82) is 0 Å². The van der Waals surface area contributed by atoms with Crippen LogP contribution in [0.4, 0.5) is 32.0 Å². The van der Waals surface area contributed by atoms with Crippen molar-refractivity contribution in [2.24, 2.45) is 5.92 Å². The molecule has 0 aliphatic carbocycles. The van der Waals surface area contributed by atoms with Crippen molar-refractivity contribution in [3.63, 3.8) is 0 Å². The molecule has 0 spiro atoms. The average Bonchev–Trinajstić information content (AvgIpc) is 2.62. The highest BCUT2D eigenvalue weighted by Crippen LogP contribution is 2.30. The molecule has 0 radical (unpaired) electrons. The normalized spacial score (nSPS) is 12.8. The highest BCUT2D eigenvalue weighted by Gasteiger charge is 2.38. The average molecular weight is 459 g/mol. The molecular weight excluding hydrogens is 432 g/mol. The predicted molar refractivity (Wildman–Crippen MR) is 104 cm³/mol. The van der Waals surface area contributed by atoms with Crippen LogP contribution in [0.5, 0.6) is 0 Å². The number of carboxylic acids is 1. The Bertz CT molecular complexity index is 689. The highest BCUT2D eigenvalue weighted by atomic mass is 19.4. The van der Waals surface area contributed by atoms with Gasteiger partial charge in [-0.1, -0.05) is 27.7 Å². The summed E-state index contributed by atoms with van der Waals surface area (Å²) in [5, 5.41) is 16.2. The van der Waals surface area contributed by atoms with Gasteiger partial charge in [-0.15, -0.1) is 0 Å². The lowest BCUT2D eigenvalue weighted by Crippen LogP contribution is -2.43. The van der Waals surface area contributed by atoms with E-state index in [0.29, 0.717) is 12.2 Å². The van der Waals surface area contributed by atoms with Crippen molar-refractivity contribution in [3.8, 4) is 0 Å². The molecule has 12 heteroatoms. The van der Waals surface area contributed by atoms with E-state index >= 15 is 0 Å². The summed E-state index contributed by atoms with van der Waals surface area (Å²) in [6, 6.07) is 5.04. The first-order valence-electron chi connectivity index (χ1n) is 9.28. The minimum absolute atomic E-state index is 0.0789. The van der Waals surface area contributed by atoms with Gasteiger partial charge in [0.1, 0.15) is 0 Å². The summed E-state index contributed by atoms with van der Waals surface area (Å²) in [7, 11) is 0. The van der Waals surface area contributed by atoms with Crippen LogP contribution in [0.3, 0.4) is 0 Å². The van der Waals surface area contributed by atoms with Crippen molar-refractivity contribution < 1.29 is 41.0 Å². The van der Waals surface area contributed by atoms with E-state index in [2.05, 4.69) is 16.0 Å². The van der Waals surface area contributed by atoms with E-state index in [-0.39, 0.29) is 30.5 Å². The Hall–Kier alpha value is -2.50. The van der Waals surface area contributed by atoms with E-state index in [1.807, 2.05) is 27.7 Å². The van der Waals surface area contributed by atoms with Gasteiger partial charge < -0.3 is 21.1 Å². The zero-order valence-electron chi connectivity index (χ0n) is 17.5. The largest absolute Gasteiger partial charge is 0.490 e. The number of rotatable bonds is 8. The van der Waals surface area contributed by atoms with Crippen molar-refractivity contribution in [1.82, 2.24) is 10.6 Å². The molecule has 31 heavy (non-hydrogen) atoms. The number of halogens is 6. The summed E-state index contributed by atoms with van der Waals surface area (Å²) in [6.45, 7) is 8.52. The maximum atomic E-state index is 12.6. The molecule has 0 aromatic heterocycles. The Balaban J connectivity index is 0.00000110.